The van der Waals surface area contributed by atoms with Crippen LogP contribution in [0.2, 0.25) is 0 Å². The van der Waals surface area contributed by atoms with Crippen molar-refractivity contribution < 1.29 is 4.21 Å². The Labute approximate surface area is 121 Å². The molecule has 0 fully saturated rings. The molecule has 0 aliphatic carbocycles. The zero-order chi connectivity index (χ0) is 13.9. The Hall–Kier alpha value is -0.190. The third-order valence-corrected chi connectivity index (χ3v) is 5.00. The van der Waals surface area contributed by atoms with Crippen molar-refractivity contribution >= 4 is 26.9 Å². The molecule has 0 aromatic heterocycles. The normalized spacial score (nSPS) is 15.7. The van der Waals surface area contributed by atoms with Gasteiger partial charge in [0.2, 0.25) is 0 Å². The van der Waals surface area contributed by atoms with E-state index in [1.165, 1.54) is 0 Å². The maximum absolute atomic E-state index is 12.2. The van der Waals surface area contributed by atoms with Crippen LogP contribution in [-0.2, 0) is 11.0 Å². The number of nitrogens with one attached hydrogen (secondary N) is 1. The highest BCUT2D eigenvalue weighted by Crippen LogP contribution is 2.29. The van der Waals surface area contributed by atoms with Crippen molar-refractivity contribution in [3.05, 3.63) is 34.3 Å². The van der Waals surface area contributed by atoms with Crippen LogP contribution >= 0.6 is 15.9 Å². The van der Waals surface area contributed by atoms with E-state index in [1.807, 2.05) is 39.0 Å². The van der Waals surface area contributed by atoms with Gasteiger partial charge < -0.3 is 0 Å². The van der Waals surface area contributed by atoms with Gasteiger partial charge in [0.05, 0.1) is 15.7 Å². The molecule has 0 saturated heterocycles. The van der Waals surface area contributed by atoms with Gasteiger partial charge in [-0.2, -0.15) is 0 Å². The second-order valence-electron chi connectivity index (χ2n) is 5.74. The van der Waals surface area contributed by atoms with Gasteiger partial charge in [-0.3, -0.25) is 0 Å². The van der Waals surface area contributed by atoms with Crippen LogP contribution in [0, 0.1) is 5.92 Å². The number of hydrogen-bond acceptors (Lipinski definition) is 1. The van der Waals surface area contributed by atoms with Crippen LogP contribution in [-0.4, -0.2) is 8.96 Å². The summed E-state index contributed by atoms with van der Waals surface area (Å²) in [5, 5.41) is 0. The van der Waals surface area contributed by atoms with Gasteiger partial charge in [-0.15, -0.1) is 0 Å². The first-order valence-electron chi connectivity index (χ1n) is 6.16. The Morgan fingerprint density at radius 2 is 1.78 bits per heavy atom. The van der Waals surface area contributed by atoms with Crippen LogP contribution in [0.3, 0.4) is 0 Å². The highest BCUT2D eigenvalue weighted by Gasteiger charge is 2.26. The lowest BCUT2D eigenvalue weighted by Gasteiger charge is -2.27. The molecule has 0 bridgehead atoms. The summed E-state index contributed by atoms with van der Waals surface area (Å²) >= 11 is 3.57. The molecule has 0 heterocycles. The fourth-order valence-electron chi connectivity index (χ4n) is 1.58. The van der Waals surface area contributed by atoms with E-state index in [9.17, 15) is 4.21 Å². The van der Waals surface area contributed by atoms with Crippen molar-refractivity contribution in [2.75, 3.05) is 0 Å². The fraction of sp³-hybridized carbons (Fsp3) is 0.571. The van der Waals surface area contributed by atoms with Crippen LogP contribution in [0.15, 0.2) is 28.7 Å². The molecule has 2 unspecified atom stereocenters. The molecule has 102 valence electrons. The van der Waals surface area contributed by atoms with Crippen LogP contribution < -0.4 is 4.72 Å². The number of rotatable bonds is 4. The number of hydrogen-bond donors (Lipinski definition) is 1. The molecule has 1 aromatic carbocycles. The summed E-state index contributed by atoms with van der Waals surface area (Å²) in [4.78, 5) is 0. The third-order valence-electron chi connectivity index (χ3n) is 2.70. The molecule has 18 heavy (non-hydrogen) atoms. The second kappa shape index (κ2) is 6.31. The molecular weight excluding hydrogens is 310 g/mol. The Kier molecular flexibility index (Phi) is 5.56. The van der Waals surface area contributed by atoms with E-state index in [-0.39, 0.29) is 10.8 Å². The average molecular weight is 332 g/mol. The van der Waals surface area contributed by atoms with Crippen molar-refractivity contribution in [3.63, 3.8) is 0 Å². The van der Waals surface area contributed by atoms with Gasteiger partial charge in [0.25, 0.3) is 0 Å². The van der Waals surface area contributed by atoms with E-state index in [4.69, 9.17) is 0 Å². The largest absolute Gasteiger partial charge is 0.242 e. The first-order valence-corrected chi connectivity index (χ1v) is 8.10. The lowest BCUT2D eigenvalue weighted by molar-refractivity contribution is 0.472. The molecule has 0 spiro atoms. The lowest BCUT2D eigenvalue weighted by Crippen LogP contribution is -2.37. The Balaban J connectivity index is 2.99. The summed E-state index contributed by atoms with van der Waals surface area (Å²) in [7, 11) is -1.07. The second-order valence-corrected chi connectivity index (χ2v) is 8.59. The van der Waals surface area contributed by atoms with E-state index in [2.05, 4.69) is 40.6 Å². The van der Waals surface area contributed by atoms with Crippen LogP contribution in [0.5, 0.6) is 0 Å². The van der Waals surface area contributed by atoms with E-state index < -0.39 is 11.0 Å². The molecule has 4 heteroatoms. The molecule has 0 aliphatic rings. The average Bonchev–Trinajstić information content (AvgIpc) is 2.25. The molecule has 0 saturated carbocycles. The van der Waals surface area contributed by atoms with E-state index in [1.54, 1.807) is 0 Å². The molecule has 1 N–H and O–H groups in total. The van der Waals surface area contributed by atoms with Gasteiger partial charge in [0, 0.05) is 10.5 Å². The summed E-state index contributed by atoms with van der Waals surface area (Å²) in [6, 6.07) is 8.18. The van der Waals surface area contributed by atoms with Crippen LogP contribution in [0.1, 0.15) is 46.2 Å². The lowest BCUT2D eigenvalue weighted by atomic mass is 9.97. The minimum atomic E-state index is -1.07. The molecule has 1 rings (SSSR count). The van der Waals surface area contributed by atoms with Crippen molar-refractivity contribution in [2.45, 2.75) is 45.4 Å². The Morgan fingerprint density at radius 3 is 2.22 bits per heavy atom. The topological polar surface area (TPSA) is 29.1 Å². The van der Waals surface area contributed by atoms with Crippen molar-refractivity contribution in [2.24, 2.45) is 5.92 Å². The van der Waals surface area contributed by atoms with Gasteiger partial charge >= 0.3 is 0 Å². The predicted octanol–water partition coefficient (Wildman–Crippen LogP) is 4.20. The highest BCUT2D eigenvalue weighted by atomic mass is 79.9. The van der Waals surface area contributed by atoms with Crippen LogP contribution in [0.25, 0.3) is 0 Å². The van der Waals surface area contributed by atoms with Crippen LogP contribution in [0.4, 0.5) is 0 Å². The highest BCUT2D eigenvalue weighted by molar-refractivity contribution is 9.10. The zero-order valence-corrected chi connectivity index (χ0v) is 14.1. The van der Waals surface area contributed by atoms with Gasteiger partial charge in [-0.05, 0) is 38.3 Å². The van der Waals surface area contributed by atoms with E-state index >= 15 is 0 Å². The van der Waals surface area contributed by atoms with Crippen molar-refractivity contribution in [3.8, 4) is 0 Å². The van der Waals surface area contributed by atoms with E-state index in [0.29, 0.717) is 5.92 Å². The fourth-order valence-corrected chi connectivity index (χ4v) is 3.09. The minimum absolute atomic E-state index is 0.0839. The summed E-state index contributed by atoms with van der Waals surface area (Å²) in [5.41, 5.74) is 1.16. The SMILES string of the molecule is CC(C)C(NS(=O)C(C)(C)C)c1ccccc1Br. The molecule has 1 aromatic rings. The minimum Gasteiger partial charge on any atom is -0.242 e. The van der Waals surface area contributed by atoms with Gasteiger partial charge in [0.1, 0.15) is 0 Å². The molecule has 2 nitrogen and oxygen atoms in total. The van der Waals surface area contributed by atoms with Crippen molar-refractivity contribution in [1.29, 1.82) is 0 Å². The van der Waals surface area contributed by atoms with Gasteiger partial charge in [-0.1, -0.05) is 48.0 Å². The summed E-state index contributed by atoms with van der Waals surface area (Å²) in [5.74, 6) is 0.370. The monoisotopic (exact) mass is 331 g/mol. The molecule has 2 atom stereocenters. The smallest absolute Gasteiger partial charge is 0.0976 e. The first kappa shape index (κ1) is 15.9. The molecule has 0 radical (unpaired) electrons. The maximum Gasteiger partial charge on any atom is 0.0976 e. The third kappa shape index (κ3) is 4.18. The summed E-state index contributed by atoms with van der Waals surface area (Å²) in [6.45, 7) is 10.2. The van der Waals surface area contributed by atoms with Gasteiger partial charge in [-0.25, -0.2) is 8.93 Å². The standard InChI is InChI=1S/C14H22BrNOS/c1-10(2)13(16-18(17)14(3,4)5)11-8-6-7-9-12(11)15/h6-10,13,16H,1-5H3. The molecule has 0 aliphatic heterocycles. The first-order chi connectivity index (χ1) is 8.23. The zero-order valence-electron chi connectivity index (χ0n) is 11.7. The van der Waals surface area contributed by atoms with Crippen molar-refractivity contribution in [1.82, 2.24) is 4.72 Å². The molecular formula is C14H22BrNOS. The summed E-state index contributed by atoms with van der Waals surface area (Å²) < 4.78 is 16.3. The Bertz CT molecular complexity index is 426. The Morgan fingerprint density at radius 1 is 1.22 bits per heavy atom. The van der Waals surface area contributed by atoms with E-state index in [0.717, 1.165) is 10.0 Å². The summed E-state index contributed by atoms with van der Waals surface area (Å²) in [6.07, 6.45) is 0. The quantitative estimate of drug-likeness (QED) is 0.880. The number of benzene rings is 1. The predicted molar refractivity (Wildman–Crippen MR) is 82.8 cm³/mol. The maximum atomic E-state index is 12.2. The molecule has 0 amide bonds. The number of halogens is 1. The van der Waals surface area contributed by atoms with Gasteiger partial charge in [0.15, 0.2) is 0 Å².